The Hall–Kier alpha value is -2.99. The molecular formula is C23H27N5O. The van der Waals surface area contributed by atoms with Crippen LogP contribution in [0.2, 0.25) is 0 Å². The minimum atomic E-state index is -0.133. The van der Waals surface area contributed by atoms with Gasteiger partial charge in [-0.15, -0.1) is 5.10 Å². The first-order chi connectivity index (χ1) is 14.3. The van der Waals surface area contributed by atoms with Crippen molar-refractivity contribution in [3.8, 4) is 0 Å². The van der Waals surface area contributed by atoms with Gasteiger partial charge in [0.1, 0.15) is 0 Å². The molecule has 1 aliphatic rings. The highest BCUT2D eigenvalue weighted by Gasteiger charge is 2.25. The van der Waals surface area contributed by atoms with Gasteiger partial charge in [-0.05, 0) is 30.4 Å². The second kappa shape index (κ2) is 9.47. The van der Waals surface area contributed by atoms with Crippen LogP contribution in [0, 0.1) is 0 Å². The Kier molecular flexibility index (Phi) is 6.32. The monoisotopic (exact) mass is 389 g/mol. The third-order valence-corrected chi connectivity index (χ3v) is 5.32. The summed E-state index contributed by atoms with van der Waals surface area (Å²) in [5.74, 6) is -0.133. The van der Waals surface area contributed by atoms with E-state index in [0.29, 0.717) is 5.69 Å². The van der Waals surface area contributed by atoms with Crippen molar-refractivity contribution in [1.29, 1.82) is 0 Å². The van der Waals surface area contributed by atoms with E-state index in [9.17, 15) is 4.79 Å². The van der Waals surface area contributed by atoms with Crippen LogP contribution in [-0.2, 0) is 19.5 Å². The van der Waals surface area contributed by atoms with Gasteiger partial charge in [-0.1, -0.05) is 65.9 Å². The van der Waals surface area contributed by atoms with Crippen LogP contribution in [0.15, 0.2) is 66.9 Å². The van der Waals surface area contributed by atoms with Gasteiger partial charge in [-0.3, -0.25) is 14.4 Å². The first-order valence-corrected chi connectivity index (χ1v) is 10.3. The summed E-state index contributed by atoms with van der Waals surface area (Å²) in [5.41, 5.74) is 3.01. The molecule has 1 unspecified atom stereocenters. The zero-order valence-electron chi connectivity index (χ0n) is 16.6. The van der Waals surface area contributed by atoms with Crippen molar-refractivity contribution in [1.82, 2.24) is 25.2 Å². The number of nitrogens with zero attached hydrogens (tertiary/aromatic N) is 4. The molecule has 1 atom stereocenters. The third kappa shape index (κ3) is 5.51. The highest BCUT2D eigenvalue weighted by atomic mass is 16.2. The number of rotatable bonds is 8. The normalized spacial score (nSPS) is 16.8. The van der Waals surface area contributed by atoms with Crippen molar-refractivity contribution in [2.24, 2.45) is 0 Å². The van der Waals surface area contributed by atoms with E-state index in [1.807, 2.05) is 12.1 Å². The Morgan fingerprint density at radius 3 is 2.52 bits per heavy atom. The standard InChI is InChI=1S/C23H27N5O/c29-23(24-21-13-15-27(17-21)16-20-10-5-2-6-11-20)22-18-28(26-25-22)14-7-12-19-8-3-1-4-9-19/h1-6,8-11,18,21H,7,12-17H2,(H,24,29). The van der Waals surface area contributed by atoms with E-state index in [-0.39, 0.29) is 11.9 Å². The molecule has 3 aromatic rings. The minimum absolute atomic E-state index is 0.133. The molecule has 2 aromatic carbocycles. The van der Waals surface area contributed by atoms with E-state index in [0.717, 1.165) is 45.4 Å². The predicted molar refractivity (Wildman–Crippen MR) is 112 cm³/mol. The van der Waals surface area contributed by atoms with Crippen LogP contribution in [-0.4, -0.2) is 44.9 Å². The van der Waals surface area contributed by atoms with Crippen molar-refractivity contribution in [2.45, 2.75) is 38.4 Å². The Bertz CT molecular complexity index is 909. The molecule has 1 aliphatic heterocycles. The van der Waals surface area contributed by atoms with Crippen molar-refractivity contribution in [3.05, 3.63) is 83.7 Å². The first-order valence-electron chi connectivity index (χ1n) is 10.3. The summed E-state index contributed by atoms with van der Waals surface area (Å²) in [7, 11) is 0. The van der Waals surface area contributed by atoms with Crippen molar-refractivity contribution < 1.29 is 4.79 Å². The summed E-state index contributed by atoms with van der Waals surface area (Å²) in [5, 5.41) is 11.3. The Morgan fingerprint density at radius 2 is 1.76 bits per heavy atom. The van der Waals surface area contributed by atoms with E-state index >= 15 is 0 Å². The number of amides is 1. The number of carbonyl (C=O) groups is 1. The third-order valence-electron chi connectivity index (χ3n) is 5.32. The van der Waals surface area contributed by atoms with Gasteiger partial charge in [0.05, 0.1) is 6.20 Å². The van der Waals surface area contributed by atoms with E-state index < -0.39 is 0 Å². The number of hydrogen-bond acceptors (Lipinski definition) is 4. The molecule has 0 radical (unpaired) electrons. The van der Waals surface area contributed by atoms with Crippen LogP contribution >= 0.6 is 0 Å². The first kappa shape index (κ1) is 19.3. The van der Waals surface area contributed by atoms with Crippen molar-refractivity contribution >= 4 is 5.91 Å². The summed E-state index contributed by atoms with van der Waals surface area (Å²) in [4.78, 5) is 14.9. The zero-order chi connectivity index (χ0) is 19.9. The van der Waals surface area contributed by atoms with Crippen molar-refractivity contribution in [2.75, 3.05) is 13.1 Å². The van der Waals surface area contributed by atoms with Gasteiger partial charge in [0, 0.05) is 32.2 Å². The Balaban J connectivity index is 1.22. The van der Waals surface area contributed by atoms with E-state index in [1.165, 1.54) is 11.1 Å². The lowest BCUT2D eigenvalue weighted by molar-refractivity contribution is 0.0932. The lowest BCUT2D eigenvalue weighted by Crippen LogP contribution is -2.37. The lowest BCUT2D eigenvalue weighted by Gasteiger charge is -2.16. The molecule has 0 bridgehead atoms. The van der Waals surface area contributed by atoms with Crippen LogP contribution in [0.25, 0.3) is 0 Å². The molecular weight excluding hydrogens is 362 g/mol. The molecule has 6 nitrogen and oxygen atoms in total. The summed E-state index contributed by atoms with van der Waals surface area (Å²) < 4.78 is 1.76. The van der Waals surface area contributed by atoms with Crippen molar-refractivity contribution in [3.63, 3.8) is 0 Å². The lowest BCUT2D eigenvalue weighted by atomic mass is 10.1. The van der Waals surface area contributed by atoms with Gasteiger partial charge in [0.15, 0.2) is 5.69 Å². The second-order valence-electron chi connectivity index (χ2n) is 7.64. The summed E-state index contributed by atoms with van der Waals surface area (Å²) >= 11 is 0. The van der Waals surface area contributed by atoms with E-state index in [4.69, 9.17) is 0 Å². The Morgan fingerprint density at radius 1 is 1.03 bits per heavy atom. The van der Waals surface area contributed by atoms with E-state index in [2.05, 4.69) is 69.1 Å². The van der Waals surface area contributed by atoms with Gasteiger partial charge in [0.25, 0.3) is 5.91 Å². The van der Waals surface area contributed by atoms with Gasteiger partial charge in [-0.2, -0.15) is 0 Å². The fourth-order valence-corrected chi connectivity index (χ4v) is 3.80. The predicted octanol–water partition coefficient (Wildman–Crippen LogP) is 2.92. The molecule has 150 valence electrons. The smallest absolute Gasteiger partial charge is 0.273 e. The number of aromatic nitrogens is 3. The molecule has 1 amide bonds. The van der Waals surface area contributed by atoms with Crippen LogP contribution in [0.1, 0.15) is 34.5 Å². The maximum absolute atomic E-state index is 12.5. The maximum atomic E-state index is 12.5. The average molecular weight is 390 g/mol. The number of benzene rings is 2. The SMILES string of the molecule is O=C(NC1CCN(Cc2ccccc2)C1)c1cn(CCCc2ccccc2)nn1. The topological polar surface area (TPSA) is 63.1 Å². The molecule has 29 heavy (non-hydrogen) atoms. The Labute approximate surface area is 171 Å². The summed E-state index contributed by atoms with van der Waals surface area (Å²) in [6.07, 6.45) is 4.66. The molecule has 0 spiro atoms. The quantitative estimate of drug-likeness (QED) is 0.643. The van der Waals surface area contributed by atoms with Crippen LogP contribution in [0.3, 0.4) is 0 Å². The summed E-state index contributed by atoms with van der Waals surface area (Å²) in [6.45, 7) is 3.53. The van der Waals surface area contributed by atoms with Gasteiger partial charge in [-0.25, -0.2) is 0 Å². The molecule has 2 heterocycles. The highest BCUT2D eigenvalue weighted by Crippen LogP contribution is 2.14. The molecule has 4 rings (SSSR count). The molecule has 6 heteroatoms. The van der Waals surface area contributed by atoms with Crippen LogP contribution in [0.4, 0.5) is 0 Å². The van der Waals surface area contributed by atoms with Gasteiger partial charge < -0.3 is 5.32 Å². The summed E-state index contributed by atoms with van der Waals surface area (Å²) in [6, 6.07) is 21.0. The molecule has 1 N–H and O–H groups in total. The number of aryl methyl sites for hydroxylation is 2. The van der Waals surface area contributed by atoms with E-state index in [1.54, 1.807) is 10.9 Å². The molecule has 0 saturated carbocycles. The molecule has 1 aromatic heterocycles. The highest BCUT2D eigenvalue weighted by molar-refractivity contribution is 5.92. The zero-order valence-corrected chi connectivity index (χ0v) is 16.6. The van der Waals surface area contributed by atoms with Crippen LogP contribution < -0.4 is 5.32 Å². The molecule has 0 aliphatic carbocycles. The maximum Gasteiger partial charge on any atom is 0.273 e. The fraction of sp³-hybridized carbons (Fsp3) is 0.348. The largest absolute Gasteiger partial charge is 0.347 e. The number of hydrogen-bond donors (Lipinski definition) is 1. The number of nitrogens with one attached hydrogen (secondary N) is 1. The molecule has 1 fully saturated rings. The fourth-order valence-electron chi connectivity index (χ4n) is 3.80. The molecule has 1 saturated heterocycles. The minimum Gasteiger partial charge on any atom is -0.347 e. The van der Waals surface area contributed by atoms with Gasteiger partial charge in [0.2, 0.25) is 0 Å². The number of likely N-dealkylation sites (tertiary alicyclic amines) is 1. The second-order valence-corrected chi connectivity index (χ2v) is 7.64. The van der Waals surface area contributed by atoms with Crippen LogP contribution in [0.5, 0.6) is 0 Å². The number of carbonyl (C=O) groups excluding carboxylic acids is 1. The van der Waals surface area contributed by atoms with Gasteiger partial charge >= 0.3 is 0 Å². The average Bonchev–Trinajstić information content (AvgIpc) is 3.39.